The highest BCUT2D eigenvalue weighted by Gasteiger charge is 2.48. The van der Waals surface area contributed by atoms with E-state index < -0.39 is 0 Å². The van der Waals surface area contributed by atoms with Crippen molar-refractivity contribution < 1.29 is 28.6 Å². The van der Waals surface area contributed by atoms with Crippen molar-refractivity contribution in [2.75, 3.05) is 54.1 Å². The number of likely N-dealkylation sites (N-methyl/N-ethyl adjacent to an activating group) is 1. The summed E-state index contributed by atoms with van der Waals surface area (Å²) in [6.45, 7) is 1.80. The van der Waals surface area contributed by atoms with Crippen LogP contribution in [0.4, 0.5) is 4.39 Å². The Hall–Kier alpha value is -4.41. The fourth-order valence-electron chi connectivity index (χ4n) is 6.85. The molecule has 1 saturated heterocycles. The average molecular weight is 615 g/mol. The monoisotopic (exact) mass is 614 g/mol. The Morgan fingerprint density at radius 2 is 1.82 bits per heavy atom. The second-order valence-corrected chi connectivity index (χ2v) is 12.2. The number of ether oxygens (including phenoxy) is 2. The van der Waals surface area contributed by atoms with Crippen LogP contribution in [0.3, 0.4) is 0 Å². The van der Waals surface area contributed by atoms with E-state index in [2.05, 4.69) is 16.0 Å². The normalized spacial score (nSPS) is 17.7. The summed E-state index contributed by atoms with van der Waals surface area (Å²) in [5, 5.41) is 11.7. The molecule has 0 saturated carbocycles. The lowest BCUT2D eigenvalue weighted by molar-refractivity contribution is -0.130. The molecule has 2 amide bonds. The SMILES string of the molecule is COc1ccc2c3c([nH]c2c1)C(CO)N(Cc1ccccc1F)CC31CCN(C(=O)c2cccc(OCC(=O)N(C)C)c2)CC1. The number of amides is 2. The van der Waals surface area contributed by atoms with Gasteiger partial charge in [-0.25, -0.2) is 4.39 Å². The number of halogens is 1. The lowest BCUT2D eigenvalue weighted by atomic mass is 9.68. The maximum Gasteiger partial charge on any atom is 0.259 e. The summed E-state index contributed by atoms with van der Waals surface area (Å²) < 4.78 is 26.0. The van der Waals surface area contributed by atoms with Gasteiger partial charge < -0.3 is 29.4 Å². The van der Waals surface area contributed by atoms with Crippen molar-refractivity contribution in [1.82, 2.24) is 19.7 Å². The maximum absolute atomic E-state index is 14.8. The number of aliphatic hydroxyl groups is 1. The van der Waals surface area contributed by atoms with Crippen LogP contribution >= 0.6 is 0 Å². The van der Waals surface area contributed by atoms with Gasteiger partial charge in [-0.3, -0.25) is 14.5 Å². The number of fused-ring (bicyclic) bond motifs is 4. The van der Waals surface area contributed by atoms with Gasteiger partial charge in [0.2, 0.25) is 0 Å². The zero-order chi connectivity index (χ0) is 31.7. The average Bonchev–Trinajstić information content (AvgIpc) is 3.44. The van der Waals surface area contributed by atoms with E-state index in [9.17, 15) is 19.1 Å². The Bertz CT molecular complexity index is 1710. The summed E-state index contributed by atoms with van der Waals surface area (Å²) >= 11 is 0. The van der Waals surface area contributed by atoms with Gasteiger partial charge in [-0.2, -0.15) is 0 Å². The Morgan fingerprint density at radius 3 is 2.53 bits per heavy atom. The standard InChI is InChI=1S/C35H39FN4O5/c1-38(2)31(42)21-45-26-9-6-8-23(17-26)34(43)39-15-13-35(14-16-39)22-40(19-24-7-4-5-10-28(24)36)30(20-41)33-32(35)27-12-11-25(44-3)18-29(27)37-33/h4-12,17-18,30,37,41H,13-16,19-22H2,1-3H3. The van der Waals surface area contributed by atoms with Gasteiger partial charge in [0.15, 0.2) is 6.61 Å². The molecule has 0 radical (unpaired) electrons. The molecule has 2 aliphatic heterocycles. The number of nitrogens with zero attached hydrogens (tertiary/aromatic N) is 3. The molecular weight excluding hydrogens is 575 g/mol. The van der Waals surface area contributed by atoms with Gasteiger partial charge in [0.1, 0.15) is 17.3 Å². The molecule has 10 heteroatoms. The minimum atomic E-state index is -0.342. The molecule has 236 valence electrons. The molecule has 2 N–H and O–H groups in total. The predicted molar refractivity (Wildman–Crippen MR) is 169 cm³/mol. The fraction of sp³-hybridized carbons (Fsp3) is 0.371. The van der Waals surface area contributed by atoms with Crippen LogP contribution in [-0.4, -0.2) is 90.7 Å². The number of hydrogen-bond acceptors (Lipinski definition) is 6. The summed E-state index contributed by atoms with van der Waals surface area (Å²) in [5.74, 6) is 0.674. The number of rotatable bonds is 8. The van der Waals surface area contributed by atoms with Gasteiger partial charge in [-0.15, -0.1) is 0 Å². The Morgan fingerprint density at radius 1 is 1.04 bits per heavy atom. The summed E-state index contributed by atoms with van der Waals surface area (Å²) in [7, 11) is 4.97. The number of nitrogens with one attached hydrogen (secondary N) is 1. The highest BCUT2D eigenvalue weighted by molar-refractivity contribution is 5.95. The molecule has 6 rings (SSSR count). The van der Waals surface area contributed by atoms with E-state index in [1.807, 2.05) is 23.1 Å². The summed E-state index contributed by atoms with van der Waals surface area (Å²) in [5.41, 5.74) is 3.78. The fourth-order valence-corrected chi connectivity index (χ4v) is 6.85. The number of piperidine rings is 1. The van der Waals surface area contributed by atoms with Crippen molar-refractivity contribution in [3.05, 3.63) is 94.9 Å². The third kappa shape index (κ3) is 5.87. The van der Waals surface area contributed by atoms with Crippen LogP contribution in [0, 0.1) is 5.82 Å². The van der Waals surface area contributed by atoms with Crippen LogP contribution in [0.5, 0.6) is 11.5 Å². The molecule has 1 spiro atoms. The Balaban J connectivity index is 1.29. The van der Waals surface area contributed by atoms with Crippen molar-refractivity contribution in [3.8, 4) is 11.5 Å². The molecule has 0 aliphatic carbocycles. The highest BCUT2D eigenvalue weighted by atomic mass is 19.1. The molecule has 3 heterocycles. The summed E-state index contributed by atoms with van der Waals surface area (Å²) in [4.78, 5) is 34.7. The lowest BCUT2D eigenvalue weighted by Crippen LogP contribution is -2.54. The first kappa shape index (κ1) is 30.6. The molecule has 45 heavy (non-hydrogen) atoms. The number of benzene rings is 3. The number of aromatic amines is 1. The third-order valence-corrected chi connectivity index (χ3v) is 9.30. The van der Waals surface area contributed by atoms with E-state index in [-0.39, 0.29) is 42.3 Å². The predicted octanol–water partition coefficient (Wildman–Crippen LogP) is 4.51. The number of carbonyl (C=O) groups excluding carboxylic acids is 2. The van der Waals surface area contributed by atoms with E-state index >= 15 is 0 Å². The van der Waals surface area contributed by atoms with Crippen LogP contribution in [-0.2, 0) is 16.8 Å². The Kier molecular flexibility index (Phi) is 8.52. The molecule has 0 bridgehead atoms. The number of H-pyrrole nitrogens is 1. The van der Waals surface area contributed by atoms with E-state index in [0.717, 1.165) is 27.9 Å². The van der Waals surface area contributed by atoms with Gasteiger partial charge in [0, 0.05) is 79.5 Å². The highest BCUT2D eigenvalue weighted by Crippen LogP contribution is 2.49. The van der Waals surface area contributed by atoms with Crippen LogP contribution < -0.4 is 9.47 Å². The molecule has 1 fully saturated rings. The molecular formula is C35H39FN4O5. The molecule has 4 aromatic rings. The summed E-state index contributed by atoms with van der Waals surface area (Å²) in [6, 6.07) is 19.4. The largest absolute Gasteiger partial charge is 0.497 e. The molecule has 9 nitrogen and oxygen atoms in total. The van der Waals surface area contributed by atoms with Gasteiger partial charge in [0.05, 0.1) is 19.8 Å². The maximum atomic E-state index is 14.8. The number of methoxy groups -OCH3 is 1. The van der Waals surface area contributed by atoms with Crippen LogP contribution in [0.1, 0.15) is 46.1 Å². The van der Waals surface area contributed by atoms with Crippen molar-refractivity contribution >= 4 is 22.7 Å². The molecule has 2 aliphatic rings. The van der Waals surface area contributed by atoms with E-state index in [0.29, 0.717) is 55.9 Å². The van der Waals surface area contributed by atoms with Gasteiger partial charge in [0.25, 0.3) is 11.8 Å². The number of carbonyl (C=O) groups is 2. The van der Waals surface area contributed by atoms with E-state index in [1.165, 1.54) is 11.0 Å². The zero-order valence-electron chi connectivity index (χ0n) is 25.9. The molecule has 1 unspecified atom stereocenters. The van der Waals surface area contributed by atoms with Crippen molar-refractivity contribution in [2.24, 2.45) is 0 Å². The second kappa shape index (κ2) is 12.5. The Labute approximate surface area is 262 Å². The van der Waals surface area contributed by atoms with Gasteiger partial charge >= 0.3 is 0 Å². The first-order valence-electron chi connectivity index (χ1n) is 15.2. The van der Waals surface area contributed by atoms with Crippen molar-refractivity contribution in [2.45, 2.75) is 30.8 Å². The van der Waals surface area contributed by atoms with Crippen LogP contribution in [0.15, 0.2) is 66.7 Å². The number of likely N-dealkylation sites (tertiary alicyclic amines) is 1. The van der Waals surface area contributed by atoms with Crippen molar-refractivity contribution in [1.29, 1.82) is 0 Å². The minimum Gasteiger partial charge on any atom is -0.497 e. The van der Waals surface area contributed by atoms with Gasteiger partial charge in [-0.05, 0) is 54.8 Å². The number of hydrogen-bond donors (Lipinski definition) is 2. The third-order valence-electron chi connectivity index (χ3n) is 9.30. The smallest absolute Gasteiger partial charge is 0.259 e. The number of aromatic nitrogens is 1. The second-order valence-electron chi connectivity index (χ2n) is 12.2. The van der Waals surface area contributed by atoms with E-state index in [1.54, 1.807) is 57.6 Å². The van der Waals surface area contributed by atoms with Gasteiger partial charge in [-0.1, -0.05) is 24.3 Å². The number of aliphatic hydroxyl groups excluding tert-OH is 1. The minimum absolute atomic E-state index is 0.0922. The molecule has 3 aromatic carbocycles. The quantitative estimate of drug-likeness (QED) is 0.303. The molecule has 1 aromatic heterocycles. The van der Waals surface area contributed by atoms with E-state index in [4.69, 9.17) is 9.47 Å². The molecule has 1 atom stereocenters. The van der Waals surface area contributed by atoms with Crippen molar-refractivity contribution in [3.63, 3.8) is 0 Å². The summed E-state index contributed by atoms with van der Waals surface area (Å²) in [6.07, 6.45) is 1.40. The van der Waals surface area contributed by atoms with Crippen LogP contribution in [0.25, 0.3) is 10.9 Å². The topological polar surface area (TPSA) is 98.3 Å². The van der Waals surface area contributed by atoms with Crippen LogP contribution in [0.2, 0.25) is 0 Å². The zero-order valence-corrected chi connectivity index (χ0v) is 25.9. The first-order valence-corrected chi connectivity index (χ1v) is 15.2. The first-order chi connectivity index (χ1) is 21.7. The lowest BCUT2D eigenvalue weighted by Gasteiger charge is -2.50.